The maximum absolute atomic E-state index is 11.9. The lowest BCUT2D eigenvalue weighted by molar-refractivity contribution is 0.0963. The zero-order valence-electron chi connectivity index (χ0n) is 18.3. The number of hydrogen-bond acceptors (Lipinski definition) is 4. The summed E-state index contributed by atoms with van der Waals surface area (Å²) in [5.41, 5.74) is 2.40. The van der Waals surface area contributed by atoms with E-state index in [9.17, 15) is 4.79 Å². The van der Waals surface area contributed by atoms with E-state index in [1.54, 1.807) is 11.1 Å². The van der Waals surface area contributed by atoms with E-state index in [-0.39, 0.29) is 30.1 Å². The lowest BCUT2D eigenvalue weighted by Gasteiger charge is -2.32. The van der Waals surface area contributed by atoms with Gasteiger partial charge in [-0.1, -0.05) is 24.3 Å². The van der Waals surface area contributed by atoms with Crippen molar-refractivity contribution in [2.75, 3.05) is 26.2 Å². The molecule has 1 fully saturated rings. The number of hydrogen-bond donors (Lipinski definition) is 2. The molecule has 2 heterocycles. The Balaban J connectivity index is 0.00000341. The van der Waals surface area contributed by atoms with E-state index >= 15 is 0 Å². The SMILES string of the molecule is CCNC(=NCc1cccc(Cn2ccnc2)c1)NC1CCN(C(=O)OCC)CC1.I. The summed E-state index contributed by atoms with van der Waals surface area (Å²) in [6.07, 6.45) is 7.12. The van der Waals surface area contributed by atoms with E-state index in [0.717, 1.165) is 31.9 Å². The predicted octanol–water partition coefficient (Wildman–Crippen LogP) is 3.23. The first-order chi connectivity index (χ1) is 14.7. The molecular weight excluding hydrogens is 507 g/mol. The van der Waals surface area contributed by atoms with Gasteiger partial charge in [0, 0.05) is 44.6 Å². The fraction of sp³-hybridized carbons (Fsp3) is 0.500. The second-order valence-corrected chi connectivity index (χ2v) is 7.35. The summed E-state index contributed by atoms with van der Waals surface area (Å²) in [5.74, 6) is 0.812. The second kappa shape index (κ2) is 13.2. The minimum Gasteiger partial charge on any atom is -0.450 e. The number of carbonyl (C=O) groups is 1. The van der Waals surface area contributed by atoms with Gasteiger partial charge in [0.05, 0.1) is 19.5 Å². The number of nitrogens with zero attached hydrogens (tertiary/aromatic N) is 4. The predicted molar refractivity (Wildman–Crippen MR) is 133 cm³/mol. The van der Waals surface area contributed by atoms with Crippen LogP contribution in [-0.2, 0) is 17.8 Å². The van der Waals surface area contributed by atoms with Crippen LogP contribution in [0.4, 0.5) is 4.79 Å². The number of ether oxygens (including phenoxy) is 1. The lowest BCUT2D eigenvalue weighted by atomic mass is 10.1. The highest BCUT2D eigenvalue weighted by Crippen LogP contribution is 2.12. The van der Waals surface area contributed by atoms with E-state index in [0.29, 0.717) is 32.3 Å². The summed E-state index contributed by atoms with van der Waals surface area (Å²) in [7, 11) is 0. The summed E-state index contributed by atoms with van der Waals surface area (Å²) in [6.45, 7) is 7.92. The molecule has 1 aromatic carbocycles. The molecule has 0 unspecified atom stereocenters. The van der Waals surface area contributed by atoms with Crippen molar-refractivity contribution >= 4 is 36.0 Å². The first-order valence-electron chi connectivity index (χ1n) is 10.7. The van der Waals surface area contributed by atoms with Crippen LogP contribution >= 0.6 is 24.0 Å². The third-order valence-electron chi connectivity index (χ3n) is 5.04. The normalized spacial score (nSPS) is 14.6. The molecule has 170 valence electrons. The highest BCUT2D eigenvalue weighted by atomic mass is 127. The molecule has 0 spiro atoms. The van der Waals surface area contributed by atoms with E-state index in [4.69, 9.17) is 9.73 Å². The largest absolute Gasteiger partial charge is 0.450 e. The van der Waals surface area contributed by atoms with Gasteiger partial charge in [-0.2, -0.15) is 0 Å². The van der Waals surface area contributed by atoms with Gasteiger partial charge in [-0.15, -0.1) is 24.0 Å². The fourth-order valence-corrected chi connectivity index (χ4v) is 3.52. The number of guanidine groups is 1. The maximum Gasteiger partial charge on any atom is 0.409 e. The minimum atomic E-state index is -0.216. The Labute approximate surface area is 201 Å². The zero-order valence-corrected chi connectivity index (χ0v) is 20.6. The molecule has 2 N–H and O–H groups in total. The third-order valence-corrected chi connectivity index (χ3v) is 5.04. The van der Waals surface area contributed by atoms with Crippen molar-refractivity contribution in [3.63, 3.8) is 0 Å². The Morgan fingerprint density at radius 3 is 2.71 bits per heavy atom. The molecule has 0 radical (unpaired) electrons. The molecule has 0 atom stereocenters. The number of nitrogens with one attached hydrogen (secondary N) is 2. The van der Waals surface area contributed by atoms with Crippen LogP contribution in [0.15, 0.2) is 48.0 Å². The molecule has 1 aliphatic heterocycles. The fourth-order valence-electron chi connectivity index (χ4n) is 3.52. The van der Waals surface area contributed by atoms with Crippen LogP contribution in [0.25, 0.3) is 0 Å². The zero-order chi connectivity index (χ0) is 21.2. The van der Waals surface area contributed by atoms with Gasteiger partial charge < -0.3 is 24.8 Å². The van der Waals surface area contributed by atoms with Crippen LogP contribution in [0, 0.1) is 0 Å². The molecule has 2 aromatic rings. The van der Waals surface area contributed by atoms with Crippen molar-refractivity contribution in [2.24, 2.45) is 4.99 Å². The summed E-state index contributed by atoms with van der Waals surface area (Å²) >= 11 is 0. The van der Waals surface area contributed by atoms with Crippen molar-refractivity contribution in [1.29, 1.82) is 0 Å². The van der Waals surface area contributed by atoms with Crippen LogP contribution in [-0.4, -0.2) is 58.8 Å². The van der Waals surface area contributed by atoms with Gasteiger partial charge in [-0.25, -0.2) is 14.8 Å². The van der Waals surface area contributed by atoms with Crippen molar-refractivity contribution in [3.05, 3.63) is 54.1 Å². The van der Waals surface area contributed by atoms with Gasteiger partial charge in [0.1, 0.15) is 0 Å². The van der Waals surface area contributed by atoms with Crippen LogP contribution in [0.1, 0.15) is 37.8 Å². The molecular formula is C22H33IN6O2. The average molecular weight is 540 g/mol. The van der Waals surface area contributed by atoms with Gasteiger partial charge in [-0.3, -0.25) is 0 Å². The number of aromatic nitrogens is 2. The molecule has 0 saturated carbocycles. The molecule has 0 bridgehead atoms. The average Bonchev–Trinajstić information content (AvgIpc) is 3.26. The number of carbonyl (C=O) groups excluding carboxylic acids is 1. The molecule has 8 nitrogen and oxygen atoms in total. The summed E-state index contributed by atoms with van der Waals surface area (Å²) in [4.78, 5) is 22.5. The molecule has 1 saturated heterocycles. The first kappa shape index (κ1) is 25.0. The first-order valence-corrected chi connectivity index (χ1v) is 10.7. The van der Waals surface area contributed by atoms with Crippen molar-refractivity contribution in [3.8, 4) is 0 Å². The second-order valence-electron chi connectivity index (χ2n) is 7.35. The molecule has 3 rings (SSSR count). The number of imidazole rings is 1. The number of rotatable bonds is 7. The van der Waals surface area contributed by atoms with Crippen molar-refractivity contribution in [1.82, 2.24) is 25.1 Å². The van der Waals surface area contributed by atoms with Gasteiger partial charge >= 0.3 is 6.09 Å². The highest BCUT2D eigenvalue weighted by Gasteiger charge is 2.24. The monoisotopic (exact) mass is 540 g/mol. The Morgan fingerprint density at radius 2 is 2.03 bits per heavy atom. The maximum atomic E-state index is 11.9. The van der Waals surface area contributed by atoms with Gasteiger partial charge in [-0.05, 0) is 37.8 Å². The lowest BCUT2D eigenvalue weighted by Crippen LogP contribution is -2.49. The molecule has 0 aliphatic carbocycles. The van der Waals surface area contributed by atoms with Gasteiger partial charge in [0.15, 0.2) is 5.96 Å². The van der Waals surface area contributed by atoms with Crippen molar-refractivity contribution in [2.45, 2.75) is 45.8 Å². The van der Waals surface area contributed by atoms with E-state index in [2.05, 4.69) is 51.4 Å². The topological polar surface area (TPSA) is 83.8 Å². The van der Waals surface area contributed by atoms with Gasteiger partial charge in [0.25, 0.3) is 0 Å². The molecule has 31 heavy (non-hydrogen) atoms. The van der Waals surface area contributed by atoms with Crippen LogP contribution < -0.4 is 10.6 Å². The minimum absolute atomic E-state index is 0. The standard InChI is InChI=1S/C22H32N6O2.HI/c1-3-24-21(26-20-8-11-28(12-9-20)22(29)30-4-2)25-15-18-6-5-7-19(14-18)16-27-13-10-23-17-27;/h5-7,10,13-14,17,20H,3-4,8-9,11-12,15-16H2,1-2H3,(H2,24,25,26);1H. The Bertz CT molecular complexity index is 819. The number of piperidine rings is 1. The number of aliphatic imine (C=N–C) groups is 1. The molecule has 9 heteroatoms. The summed E-state index contributed by atoms with van der Waals surface area (Å²) < 4.78 is 7.14. The van der Waals surface area contributed by atoms with Gasteiger partial charge in [0.2, 0.25) is 0 Å². The van der Waals surface area contributed by atoms with E-state index < -0.39 is 0 Å². The molecule has 1 aromatic heterocycles. The van der Waals surface area contributed by atoms with E-state index in [1.165, 1.54) is 11.1 Å². The van der Waals surface area contributed by atoms with Crippen LogP contribution in [0.3, 0.4) is 0 Å². The summed E-state index contributed by atoms with van der Waals surface area (Å²) in [5, 5.41) is 6.84. The molecule has 1 amide bonds. The van der Waals surface area contributed by atoms with E-state index in [1.807, 2.05) is 19.4 Å². The third kappa shape index (κ3) is 8.04. The van der Waals surface area contributed by atoms with Crippen LogP contribution in [0.2, 0.25) is 0 Å². The smallest absolute Gasteiger partial charge is 0.409 e. The quantitative estimate of drug-likeness (QED) is 0.320. The Morgan fingerprint density at radius 1 is 1.26 bits per heavy atom. The number of likely N-dealkylation sites (tertiary alicyclic amines) is 1. The highest BCUT2D eigenvalue weighted by molar-refractivity contribution is 14.0. The summed E-state index contributed by atoms with van der Waals surface area (Å²) in [6, 6.07) is 8.77. The number of halogens is 1. The Kier molecular flexibility index (Phi) is 10.6. The molecule has 1 aliphatic rings. The Hall–Kier alpha value is -2.30. The number of amides is 1. The van der Waals surface area contributed by atoms with Crippen molar-refractivity contribution < 1.29 is 9.53 Å². The van der Waals surface area contributed by atoms with Crippen LogP contribution in [0.5, 0.6) is 0 Å². The number of benzene rings is 1.